The van der Waals surface area contributed by atoms with E-state index in [1.165, 1.54) is 5.56 Å². The summed E-state index contributed by atoms with van der Waals surface area (Å²) in [5.41, 5.74) is 1.22. The quantitative estimate of drug-likeness (QED) is 0.635. The number of benzene rings is 1. The molecule has 0 aliphatic heterocycles. The maximum atomic E-state index is 8.63. The van der Waals surface area contributed by atoms with Crippen molar-refractivity contribution in [1.82, 2.24) is 5.32 Å². The third kappa shape index (κ3) is 6.26. The number of hydrogen-bond donors (Lipinski definition) is 2. The van der Waals surface area contributed by atoms with Crippen LogP contribution in [0.25, 0.3) is 0 Å². The van der Waals surface area contributed by atoms with Gasteiger partial charge in [0.05, 0.1) is 13.2 Å². The molecule has 0 saturated carbocycles. The number of rotatable bonds is 9. The van der Waals surface area contributed by atoms with Crippen molar-refractivity contribution >= 4 is 0 Å². The standard InChI is InChI=1S/C13H21NO3/c1-16-10-7-14-11-12-3-5-13(6-4-12)17-9-2-8-15/h3-6,14-15H,2,7-11H2,1H3. The number of aliphatic hydroxyl groups excluding tert-OH is 1. The average molecular weight is 239 g/mol. The Morgan fingerprint density at radius 2 is 1.94 bits per heavy atom. The summed E-state index contributed by atoms with van der Waals surface area (Å²) in [5.74, 6) is 0.846. The Hall–Kier alpha value is -1.10. The van der Waals surface area contributed by atoms with Crippen molar-refractivity contribution in [3.05, 3.63) is 29.8 Å². The monoisotopic (exact) mass is 239 g/mol. The molecule has 0 atom stereocenters. The van der Waals surface area contributed by atoms with Crippen molar-refractivity contribution in [2.45, 2.75) is 13.0 Å². The van der Waals surface area contributed by atoms with Crippen molar-refractivity contribution in [1.29, 1.82) is 0 Å². The lowest BCUT2D eigenvalue weighted by molar-refractivity contribution is 0.199. The first kappa shape index (κ1) is 14.0. The normalized spacial score (nSPS) is 10.5. The summed E-state index contributed by atoms with van der Waals surface area (Å²) in [4.78, 5) is 0. The zero-order valence-corrected chi connectivity index (χ0v) is 10.3. The third-order valence-electron chi connectivity index (χ3n) is 2.31. The molecule has 2 N–H and O–H groups in total. The predicted molar refractivity (Wildman–Crippen MR) is 67.2 cm³/mol. The van der Waals surface area contributed by atoms with E-state index < -0.39 is 0 Å². The molecule has 0 amide bonds. The van der Waals surface area contributed by atoms with Gasteiger partial charge in [0.2, 0.25) is 0 Å². The molecule has 0 aliphatic carbocycles. The van der Waals surface area contributed by atoms with Gasteiger partial charge in [-0.15, -0.1) is 0 Å². The molecule has 0 aromatic heterocycles. The van der Waals surface area contributed by atoms with Crippen LogP contribution in [-0.4, -0.2) is 38.6 Å². The second-order valence-corrected chi connectivity index (χ2v) is 3.74. The van der Waals surface area contributed by atoms with Crippen LogP contribution in [0.3, 0.4) is 0 Å². The van der Waals surface area contributed by atoms with E-state index in [0.29, 0.717) is 13.0 Å². The summed E-state index contributed by atoms with van der Waals surface area (Å²) >= 11 is 0. The van der Waals surface area contributed by atoms with Crippen molar-refractivity contribution in [2.24, 2.45) is 0 Å². The van der Waals surface area contributed by atoms with Crippen LogP contribution in [0.15, 0.2) is 24.3 Å². The second-order valence-electron chi connectivity index (χ2n) is 3.74. The van der Waals surface area contributed by atoms with E-state index >= 15 is 0 Å². The zero-order valence-electron chi connectivity index (χ0n) is 10.3. The molecule has 0 unspecified atom stereocenters. The molecule has 0 bridgehead atoms. The molecule has 96 valence electrons. The van der Waals surface area contributed by atoms with Gasteiger partial charge in [0.1, 0.15) is 5.75 Å². The molecular weight excluding hydrogens is 218 g/mol. The SMILES string of the molecule is COCCNCc1ccc(OCCCO)cc1. The van der Waals surface area contributed by atoms with Gasteiger partial charge >= 0.3 is 0 Å². The summed E-state index contributed by atoms with van der Waals surface area (Å²) in [5, 5.41) is 11.9. The van der Waals surface area contributed by atoms with Crippen molar-refractivity contribution in [3.8, 4) is 5.75 Å². The third-order valence-corrected chi connectivity index (χ3v) is 2.31. The molecule has 0 aliphatic rings. The highest BCUT2D eigenvalue weighted by molar-refractivity contribution is 5.27. The van der Waals surface area contributed by atoms with Crippen LogP contribution in [0.1, 0.15) is 12.0 Å². The molecule has 17 heavy (non-hydrogen) atoms. The Morgan fingerprint density at radius 1 is 1.18 bits per heavy atom. The van der Waals surface area contributed by atoms with Gasteiger partial charge < -0.3 is 19.9 Å². The maximum Gasteiger partial charge on any atom is 0.119 e. The molecule has 0 fully saturated rings. The molecule has 0 saturated heterocycles. The van der Waals surface area contributed by atoms with Crippen LogP contribution in [0, 0.1) is 0 Å². The van der Waals surface area contributed by atoms with Crippen LogP contribution < -0.4 is 10.1 Å². The highest BCUT2D eigenvalue weighted by Gasteiger charge is 1.95. The molecule has 1 aromatic rings. The molecule has 1 aromatic carbocycles. The van der Waals surface area contributed by atoms with Crippen LogP contribution in [0.4, 0.5) is 0 Å². The number of ether oxygens (including phenoxy) is 2. The first-order valence-corrected chi connectivity index (χ1v) is 5.89. The van der Waals surface area contributed by atoms with Crippen LogP contribution in [0.5, 0.6) is 5.75 Å². The largest absolute Gasteiger partial charge is 0.494 e. The van der Waals surface area contributed by atoms with E-state index in [9.17, 15) is 0 Å². The summed E-state index contributed by atoms with van der Waals surface area (Å²) < 4.78 is 10.4. The first-order chi connectivity index (χ1) is 8.36. The molecule has 1 rings (SSSR count). The van der Waals surface area contributed by atoms with E-state index in [4.69, 9.17) is 14.6 Å². The molecule has 0 radical (unpaired) electrons. The summed E-state index contributed by atoms with van der Waals surface area (Å²) in [7, 11) is 1.69. The fraction of sp³-hybridized carbons (Fsp3) is 0.538. The molecule has 4 nitrogen and oxygen atoms in total. The molecule has 0 spiro atoms. The second kappa shape index (κ2) is 8.98. The Balaban J connectivity index is 2.24. The lowest BCUT2D eigenvalue weighted by atomic mass is 10.2. The summed E-state index contributed by atoms with van der Waals surface area (Å²) in [6, 6.07) is 7.97. The first-order valence-electron chi connectivity index (χ1n) is 5.89. The number of methoxy groups -OCH3 is 1. The van der Waals surface area contributed by atoms with Gasteiger partial charge in [-0.2, -0.15) is 0 Å². The summed E-state index contributed by atoms with van der Waals surface area (Å²) in [6.07, 6.45) is 0.667. The topological polar surface area (TPSA) is 50.7 Å². The predicted octanol–water partition coefficient (Wildman–Crippen LogP) is 1.18. The number of nitrogens with one attached hydrogen (secondary N) is 1. The van der Waals surface area contributed by atoms with Gasteiger partial charge in [-0.25, -0.2) is 0 Å². The fourth-order valence-corrected chi connectivity index (χ4v) is 1.37. The molecule has 4 heteroatoms. The van der Waals surface area contributed by atoms with Gasteiger partial charge in [-0.1, -0.05) is 12.1 Å². The minimum Gasteiger partial charge on any atom is -0.494 e. The minimum atomic E-state index is 0.168. The van der Waals surface area contributed by atoms with Gasteiger partial charge in [0.25, 0.3) is 0 Å². The Morgan fingerprint density at radius 3 is 2.59 bits per heavy atom. The van der Waals surface area contributed by atoms with E-state index in [2.05, 4.69) is 5.32 Å². The summed E-state index contributed by atoms with van der Waals surface area (Å²) in [6.45, 7) is 3.14. The Bertz CT molecular complexity index is 287. The Labute approximate surface area is 103 Å². The van der Waals surface area contributed by atoms with Crippen LogP contribution in [0.2, 0.25) is 0 Å². The average Bonchev–Trinajstić information content (AvgIpc) is 2.37. The lowest BCUT2D eigenvalue weighted by Crippen LogP contribution is -2.18. The van der Waals surface area contributed by atoms with E-state index in [0.717, 1.165) is 25.4 Å². The van der Waals surface area contributed by atoms with Gasteiger partial charge in [-0.05, 0) is 17.7 Å². The van der Waals surface area contributed by atoms with Crippen LogP contribution >= 0.6 is 0 Å². The van der Waals surface area contributed by atoms with Gasteiger partial charge in [0.15, 0.2) is 0 Å². The number of hydrogen-bond acceptors (Lipinski definition) is 4. The highest BCUT2D eigenvalue weighted by Crippen LogP contribution is 2.12. The smallest absolute Gasteiger partial charge is 0.119 e. The zero-order chi connectivity index (χ0) is 12.3. The lowest BCUT2D eigenvalue weighted by Gasteiger charge is -2.07. The van der Waals surface area contributed by atoms with E-state index in [1.807, 2.05) is 24.3 Å². The van der Waals surface area contributed by atoms with Crippen molar-refractivity contribution in [3.63, 3.8) is 0 Å². The van der Waals surface area contributed by atoms with E-state index in [1.54, 1.807) is 7.11 Å². The number of aliphatic hydroxyl groups is 1. The fourth-order valence-electron chi connectivity index (χ4n) is 1.37. The molecule has 0 heterocycles. The van der Waals surface area contributed by atoms with Gasteiger partial charge in [-0.3, -0.25) is 0 Å². The van der Waals surface area contributed by atoms with Gasteiger partial charge in [0, 0.05) is 33.2 Å². The molecular formula is C13H21NO3. The van der Waals surface area contributed by atoms with Crippen LogP contribution in [-0.2, 0) is 11.3 Å². The van der Waals surface area contributed by atoms with Crippen molar-refractivity contribution in [2.75, 3.05) is 33.5 Å². The van der Waals surface area contributed by atoms with Crippen molar-refractivity contribution < 1.29 is 14.6 Å². The van der Waals surface area contributed by atoms with E-state index in [-0.39, 0.29) is 6.61 Å². The minimum absolute atomic E-state index is 0.168. The highest BCUT2D eigenvalue weighted by atomic mass is 16.5. The maximum absolute atomic E-state index is 8.63. The Kier molecular flexibility index (Phi) is 7.38.